The van der Waals surface area contributed by atoms with E-state index in [0.29, 0.717) is 12.8 Å². The summed E-state index contributed by atoms with van der Waals surface area (Å²) in [6.07, 6.45) is 42.7. The average Bonchev–Trinajstić information content (AvgIpc) is 3.17. The number of hydrogen-bond donors (Lipinski definition) is 0. The number of carboxylic acids is 1. The minimum absolute atomic E-state index is 0.0495. The normalized spacial score (nSPS) is 12.8. The molecule has 0 radical (unpaired) electrons. The Morgan fingerprint density at radius 3 is 1.09 bits per heavy atom. The zero-order chi connectivity index (χ0) is 42.1. The van der Waals surface area contributed by atoms with Crippen LogP contribution in [0.5, 0.6) is 0 Å². The Labute approximate surface area is 353 Å². The molecule has 338 valence electrons. The lowest BCUT2D eigenvalue weighted by atomic mass is 10.0. The first-order valence-electron chi connectivity index (χ1n) is 24.6. The smallest absolute Gasteiger partial charge is 0.306 e. The quantitative estimate of drug-likeness (QED) is 0.0343. The van der Waals surface area contributed by atoms with Gasteiger partial charge in [-0.3, -0.25) is 9.59 Å². The summed E-state index contributed by atoms with van der Waals surface area (Å²) in [7, 11) is 5.43. The van der Waals surface area contributed by atoms with Gasteiger partial charge in [0.25, 0.3) is 0 Å². The first-order valence-corrected chi connectivity index (χ1v) is 24.6. The van der Waals surface area contributed by atoms with Crippen LogP contribution in [0.1, 0.15) is 245 Å². The fraction of sp³-hybridized carbons (Fsp3) is 0.939. The highest BCUT2D eigenvalue weighted by Crippen LogP contribution is 2.17. The summed E-state index contributed by atoms with van der Waals surface area (Å²) in [5, 5.41) is 11.6. The number of ether oxygens (including phenoxy) is 3. The third-order valence-corrected chi connectivity index (χ3v) is 11.5. The molecule has 2 atom stereocenters. The van der Waals surface area contributed by atoms with Crippen molar-refractivity contribution in [3.8, 4) is 0 Å². The second-order valence-electron chi connectivity index (χ2n) is 18.1. The third kappa shape index (κ3) is 39.6. The SMILES string of the molecule is CCCCCCCCCCCCCCCCCCCCCCC(=O)OC(COCCC(C(=O)[O-])[N+](C)(C)C)COC(=O)CCCCCCCCCCCCCCC. The number of carbonyl (C=O) groups is 3. The summed E-state index contributed by atoms with van der Waals surface area (Å²) in [6, 6.07) is -0.719. The number of esters is 2. The lowest BCUT2D eigenvalue weighted by molar-refractivity contribution is -0.889. The molecule has 0 rings (SSSR count). The highest BCUT2D eigenvalue weighted by atomic mass is 16.6. The number of unbranched alkanes of at least 4 members (excludes halogenated alkanes) is 31. The van der Waals surface area contributed by atoms with E-state index in [-0.39, 0.29) is 42.7 Å². The summed E-state index contributed by atoms with van der Waals surface area (Å²) in [5.41, 5.74) is 0. The van der Waals surface area contributed by atoms with Crippen LogP contribution in [0, 0.1) is 0 Å². The minimum atomic E-state index is -1.12. The maximum Gasteiger partial charge on any atom is 0.306 e. The van der Waals surface area contributed by atoms with Crippen LogP contribution >= 0.6 is 0 Å². The monoisotopic (exact) mass is 810 g/mol. The zero-order valence-electron chi connectivity index (χ0n) is 38.5. The number of likely N-dealkylation sites (N-methyl/N-ethyl adjacent to an activating group) is 1. The molecule has 0 aromatic rings. The third-order valence-electron chi connectivity index (χ3n) is 11.5. The first kappa shape index (κ1) is 55.3. The molecule has 0 aliphatic rings. The largest absolute Gasteiger partial charge is 0.544 e. The molecule has 8 nitrogen and oxygen atoms in total. The maximum atomic E-state index is 12.8. The van der Waals surface area contributed by atoms with E-state index in [4.69, 9.17) is 14.2 Å². The van der Waals surface area contributed by atoms with E-state index in [2.05, 4.69) is 13.8 Å². The number of carboxylic acid groups (broad SMARTS) is 1. The van der Waals surface area contributed by atoms with Crippen LogP contribution in [-0.4, -0.2) is 75.5 Å². The van der Waals surface area contributed by atoms with Crippen LogP contribution in [0.3, 0.4) is 0 Å². The molecule has 8 heteroatoms. The van der Waals surface area contributed by atoms with Crippen molar-refractivity contribution in [3.05, 3.63) is 0 Å². The van der Waals surface area contributed by atoms with Gasteiger partial charge in [0.2, 0.25) is 0 Å². The second kappa shape index (κ2) is 41.1. The molecule has 0 aromatic carbocycles. The van der Waals surface area contributed by atoms with Crippen molar-refractivity contribution in [3.63, 3.8) is 0 Å². The lowest BCUT2D eigenvalue weighted by Gasteiger charge is -2.34. The van der Waals surface area contributed by atoms with Gasteiger partial charge in [-0.15, -0.1) is 0 Å². The van der Waals surface area contributed by atoms with Gasteiger partial charge in [0.05, 0.1) is 40.3 Å². The van der Waals surface area contributed by atoms with Crippen LogP contribution in [0.15, 0.2) is 0 Å². The number of hydrogen-bond acceptors (Lipinski definition) is 7. The molecule has 2 unspecified atom stereocenters. The molecule has 0 aromatic heterocycles. The van der Waals surface area contributed by atoms with Crippen LogP contribution < -0.4 is 5.11 Å². The molecule has 0 N–H and O–H groups in total. The Morgan fingerprint density at radius 2 is 0.772 bits per heavy atom. The van der Waals surface area contributed by atoms with E-state index in [9.17, 15) is 19.5 Å². The second-order valence-corrected chi connectivity index (χ2v) is 18.1. The molecule has 0 spiro atoms. The van der Waals surface area contributed by atoms with Gasteiger partial charge in [-0.2, -0.15) is 0 Å². The van der Waals surface area contributed by atoms with Gasteiger partial charge in [0.15, 0.2) is 6.10 Å². The molecule has 0 fully saturated rings. The van der Waals surface area contributed by atoms with Gasteiger partial charge >= 0.3 is 11.9 Å². The fourth-order valence-corrected chi connectivity index (χ4v) is 7.66. The van der Waals surface area contributed by atoms with Gasteiger partial charge in [-0.1, -0.05) is 213 Å². The van der Waals surface area contributed by atoms with Crippen LogP contribution in [0.4, 0.5) is 0 Å². The molecule has 57 heavy (non-hydrogen) atoms. The van der Waals surface area contributed by atoms with Crippen LogP contribution in [-0.2, 0) is 28.6 Å². The highest BCUT2D eigenvalue weighted by molar-refractivity contribution is 5.70. The Morgan fingerprint density at radius 1 is 0.456 bits per heavy atom. The van der Waals surface area contributed by atoms with Crippen molar-refractivity contribution in [1.82, 2.24) is 0 Å². The Kier molecular flexibility index (Phi) is 39.9. The van der Waals surface area contributed by atoms with Crippen molar-refractivity contribution >= 4 is 17.9 Å². The number of carbonyl (C=O) groups excluding carboxylic acids is 3. The van der Waals surface area contributed by atoms with E-state index in [1.807, 2.05) is 21.1 Å². The average molecular weight is 810 g/mol. The molecule has 0 aliphatic carbocycles. The summed E-state index contributed by atoms with van der Waals surface area (Å²) < 4.78 is 17.2. The van der Waals surface area contributed by atoms with Gasteiger partial charge < -0.3 is 28.6 Å². The van der Waals surface area contributed by atoms with Crippen molar-refractivity contribution in [2.24, 2.45) is 0 Å². The minimum Gasteiger partial charge on any atom is -0.544 e. The highest BCUT2D eigenvalue weighted by Gasteiger charge is 2.25. The fourth-order valence-electron chi connectivity index (χ4n) is 7.66. The van der Waals surface area contributed by atoms with Crippen molar-refractivity contribution in [2.75, 3.05) is 41.0 Å². The number of nitrogens with zero attached hydrogens (tertiary/aromatic N) is 1. The van der Waals surface area contributed by atoms with Crippen molar-refractivity contribution in [2.45, 2.75) is 257 Å². The summed E-state index contributed by atoms with van der Waals surface area (Å²) in [6.45, 7) is 4.71. The molecule has 0 amide bonds. The number of quaternary nitrogens is 1. The van der Waals surface area contributed by atoms with E-state index < -0.39 is 18.1 Å². The predicted molar refractivity (Wildman–Crippen MR) is 236 cm³/mol. The lowest BCUT2D eigenvalue weighted by Crippen LogP contribution is -2.55. The maximum absolute atomic E-state index is 12.8. The van der Waals surface area contributed by atoms with Gasteiger partial charge in [-0.05, 0) is 12.8 Å². The topological polar surface area (TPSA) is 102 Å². The Hall–Kier alpha value is -1.67. The van der Waals surface area contributed by atoms with E-state index in [1.54, 1.807) is 0 Å². The molecular weight excluding hydrogens is 715 g/mol. The Bertz CT molecular complexity index is 905. The Balaban J connectivity index is 4.20. The van der Waals surface area contributed by atoms with Gasteiger partial charge in [0, 0.05) is 19.3 Å². The van der Waals surface area contributed by atoms with Gasteiger partial charge in [-0.25, -0.2) is 0 Å². The van der Waals surface area contributed by atoms with E-state index in [1.165, 1.54) is 173 Å². The molecule has 0 bridgehead atoms. The first-order chi connectivity index (χ1) is 27.6. The molecule has 0 aliphatic heterocycles. The van der Waals surface area contributed by atoms with Crippen molar-refractivity contribution in [1.29, 1.82) is 0 Å². The molecular formula is C49H95NO7. The van der Waals surface area contributed by atoms with Gasteiger partial charge in [0.1, 0.15) is 12.6 Å². The number of rotatable bonds is 45. The predicted octanol–water partition coefficient (Wildman–Crippen LogP) is 12.4. The summed E-state index contributed by atoms with van der Waals surface area (Å²) >= 11 is 0. The van der Waals surface area contributed by atoms with Crippen LogP contribution in [0.2, 0.25) is 0 Å². The molecule has 0 heterocycles. The molecule has 0 saturated carbocycles. The van der Waals surface area contributed by atoms with Crippen molar-refractivity contribution < 1.29 is 38.2 Å². The number of aliphatic carboxylic acids is 1. The standard InChI is InChI=1S/C49H95NO7/c1-6-8-10-12-14-16-18-20-21-22-23-24-25-26-28-30-32-34-36-38-40-48(52)57-45(43-55-42-41-46(49(53)54)50(3,4)5)44-56-47(51)39-37-35-33-31-29-27-19-17-15-13-11-9-7-2/h45-46H,6-44H2,1-5H3. The summed E-state index contributed by atoms with van der Waals surface area (Å²) in [4.78, 5) is 36.9. The zero-order valence-corrected chi connectivity index (χ0v) is 38.5. The van der Waals surface area contributed by atoms with E-state index >= 15 is 0 Å². The molecule has 0 saturated heterocycles. The summed E-state index contributed by atoms with van der Waals surface area (Å²) in [5.74, 6) is -1.71. The van der Waals surface area contributed by atoms with Crippen LogP contribution in [0.25, 0.3) is 0 Å². The van der Waals surface area contributed by atoms with E-state index in [0.717, 1.165) is 38.5 Å².